The molecule has 2 aliphatic rings. The molecule has 0 unspecified atom stereocenters. The normalized spacial score (nSPS) is 26.2. The van der Waals surface area contributed by atoms with E-state index in [0.717, 1.165) is 49.1 Å². The largest absolute Gasteiger partial charge is 0.251 e. The van der Waals surface area contributed by atoms with Gasteiger partial charge in [-0.25, -0.2) is 4.39 Å². The van der Waals surface area contributed by atoms with E-state index < -0.39 is 0 Å². The van der Waals surface area contributed by atoms with E-state index >= 15 is 4.39 Å². The van der Waals surface area contributed by atoms with Crippen LogP contribution >= 0.6 is 0 Å². The van der Waals surface area contributed by atoms with Gasteiger partial charge in [-0.3, -0.25) is 4.39 Å². The zero-order valence-corrected chi connectivity index (χ0v) is 19.8. The molecule has 2 aromatic rings. The van der Waals surface area contributed by atoms with Crippen LogP contribution in [0.4, 0.5) is 8.78 Å². The van der Waals surface area contributed by atoms with Crippen LogP contribution in [0.2, 0.25) is 0 Å². The Morgan fingerprint density at radius 1 is 0.719 bits per heavy atom. The molecule has 2 fully saturated rings. The Morgan fingerprint density at radius 3 is 1.84 bits per heavy atom. The maximum Gasteiger partial charge on any atom is 0.131 e. The van der Waals surface area contributed by atoms with Crippen molar-refractivity contribution in [2.75, 3.05) is 6.67 Å². The van der Waals surface area contributed by atoms with E-state index in [1.54, 1.807) is 6.07 Å². The molecule has 0 saturated heterocycles. The van der Waals surface area contributed by atoms with E-state index in [1.165, 1.54) is 44.1 Å². The zero-order chi connectivity index (χ0) is 22.3. The third kappa shape index (κ3) is 5.80. The standard InChI is InChI=1S/C30H40F2/c1-2-4-22-6-10-24(11-7-22)25-14-16-27(17-15-25)29-19-18-28(21-30(29)32)26-12-8-23(9-13-26)5-3-20-31/h14-19,21-24,26H,2-13,20H2,1H3. The minimum Gasteiger partial charge on any atom is -0.251 e. The summed E-state index contributed by atoms with van der Waals surface area (Å²) in [5, 5.41) is 0. The summed E-state index contributed by atoms with van der Waals surface area (Å²) in [6.07, 6.45) is 14.2. The van der Waals surface area contributed by atoms with Crippen molar-refractivity contribution in [1.82, 2.24) is 0 Å². The van der Waals surface area contributed by atoms with Crippen LogP contribution in [0.15, 0.2) is 42.5 Å². The molecule has 32 heavy (non-hydrogen) atoms. The van der Waals surface area contributed by atoms with Crippen LogP contribution in [0.25, 0.3) is 11.1 Å². The summed E-state index contributed by atoms with van der Waals surface area (Å²) in [6.45, 7) is 2.09. The summed E-state index contributed by atoms with van der Waals surface area (Å²) in [5.41, 5.74) is 4.25. The lowest BCUT2D eigenvalue weighted by Crippen LogP contribution is -2.13. The second-order valence-corrected chi connectivity index (χ2v) is 10.4. The Labute approximate surface area is 193 Å². The van der Waals surface area contributed by atoms with Crippen molar-refractivity contribution in [3.05, 3.63) is 59.4 Å². The van der Waals surface area contributed by atoms with Crippen LogP contribution in [0.3, 0.4) is 0 Å². The van der Waals surface area contributed by atoms with Gasteiger partial charge in [-0.15, -0.1) is 0 Å². The lowest BCUT2D eigenvalue weighted by molar-refractivity contribution is 0.293. The number of alkyl halides is 1. The van der Waals surface area contributed by atoms with Gasteiger partial charge in [-0.1, -0.05) is 56.2 Å². The molecule has 0 aliphatic heterocycles. The van der Waals surface area contributed by atoms with Crippen LogP contribution in [0, 0.1) is 17.7 Å². The molecule has 0 bridgehead atoms. The minimum absolute atomic E-state index is 0.102. The van der Waals surface area contributed by atoms with Crippen molar-refractivity contribution in [3.63, 3.8) is 0 Å². The summed E-state index contributed by atoms with van der Waals surface area (Å²) in [5.74, 6) is 2.60. The van der Waals surface area contributed by atoms with Gasteiger partial charge in [0.15, 0.2) is 0 Å². The Balaban J connectivity index is 1.36. The third-order valence-corrected chi connectivity index (χ3v) is 8.29. The van der Waals surface area contributed by atoms with E-state index in [0.29, 0.717) is 29.7 Å². The van der Waals surface area contributed by atoms with Crippen molar-refractivity contribution in [1.29, 1.82) is 0 Å². The summed E-state index contributed by atoms with van der Waals surface area (Å²) in [6, 6.07) is 14.6. The first-order valence-corrected chi connectivity index (χ1v) is 13.1. The molecule has 0 spiro atoms. The quantitative estimate of drug-likeness (QED) is 0.385. The van der Waals surface area contributed by atoms with Gasteiger partial charge < -0.3 is 0 Å². The third-order valence-electron chi connectivity index (χ3n) is 8.29. The van der Waals surface area contributed by atoms with E-state index in [1.807, 2.05) is 6.07 Å². The van der Waals surface area contributed by atoms with Gasteiger partial charge in [0.25, 0.3) is 0 Å². The molecule has 0 aromatic heterocycles. The smallest absolute Gasteiger partial charge is 0.131 e. The van der Waals surface area contributed by atoms with Crippen LogP contribution < -0.4 is 0 Å². The number of hydrogen-bond acceptors (Lipinski definition) is 0. The summed E-state index contributed by atoms with van der Waals surface area (Å²) in [7, 11) is 0. The highest BCUT2D eigenvalue weighted by Crippen LogP contribution is 2.40. The van der Waals surface area contributed by atoms with Crippen LogP contribution in [-0.4, -0.2) is 6.67 Å². The van der Waals surface area contributed by atoms with Crippen molar-refractivity contribution in [3.8, 4) is 11.1 Å². The molecule has 0 heterocycles. The first-order chi connectivity index (χ1) is 15.7. The van der Waals surface area contributed by atoms with Crippen molar-refractivity contribution < 1.29 is 8.78 Å². The topological polar surface area (TPSA) is 0 Å². The predicted molar refractivity (Wildman–Crippen MR) is 131 cm³/mol. The second kappa shape index (κ2) is 11.4. The van der Waals surface area contributed by atoms with Gasteiger partial charge >= 0.3 is 0 Å². The highest BCUT2D eigenvalue weighted by Gasteiger charge is 2.24. The Morgan fingerprint density at radius 2 is 1.28 bits per heavy atom. The molecular formula is C30H40F2. The molecular weight excluding hydrogens is 398 g/mol. The molecule has 2 aromatic carbocycles. The van der Waals surface area contributed by atoms with Crippen molar-refractivity contribution >= 4 is 0 Å². The fourth-order valence-electron chi connectivity index (χ4n) is 6.30. The molecule has 0 N–H and O–H groups in total. The lowest BCUT2D eigenvalue weighted by Gasteiger charge is -2.29. The number of hydrogen-bond donors (Lipinski definition) is 0. The lowest BCUT2D eigenvalue weighted by atomic mass is 9.76. The number of halogens is 2. The molecule has 2 saturated carbocycles. The van der Waals surface area contributed by atoms with E-state index in [2.05, 4.69) is 37.3 Å². The Bertz CT molecular complexity index is 824. The molecule has 0 radical (unpaired) electrons. The monoisotopic (exact) mass is 438 g/mol. The van der Waals surface area contributed by atoms with Crippen molar-refractivity contribution in [2.45, 2.75) is 95.8 Å². The first kappa shape index (κ1) is 23.5. The Kier molecular flexibility index (Phi) is 8.38. The summed E-state index contributed by atoms with van der Waals surface area (Å²) >= 11 is 0. The highest BCUT2D eigenvalue weighted by molar-refractivity contribution is 5.65. The average molecular weight is 439 g/mol. The molecule has 2 heteroatoms. The molecule has 0 atom stereocenters. The van der Waals surface area contributed by atoms with E-state index in [4.69, 9.17) is 0 Å². The van der Waals surface area contributed by atoms with Gasteiger partial charge in [0, 0.05) is 5.56 Å². The number of rotatable bonds is 8. The van der Waals surface area contributed by atoms with Gasteiger partial charge in [0.2, 0.25) is 0 Å². The maximum atomic E-state index is 15.1. The second-order valence-electron chi connectivity index (χ2n) is 10.4. The first-order valence-electron chi connectivity index (χ1n) is 13.1. The molecule has 4 rings (SSSR count). The number of benzene rings is 2. The van der Waals surface area contributed by atoms with Crippen LogP contribution in [-0.2, 0) is 0 Å². The van der Waals surface area contributed by atoms with Crippen molar-refractivity contribution in [2.24, 2.45) is 11.8 Å². The Hall–Kier alpha value is -1.70. The summed E-state index contributed by atoms with van der Waals surface area (Å²) in [4.78, 5) is 0. The summed E-state index contributed by atoms with van der Waals surface area (Å²) < 4.78 is 27.5. The zero-order valence-electron chi connectivity index (χ0n) is 19.8. The van der Waals surface area contributed by atoms with Crippen LogP contribution in [0.1, 0.15) is 107 Å². The van der Waals surface area contributed by atoms with Gasteiger partial charge in [0.05, 0.1) is 6.67 Å². The van der Waals surface area contributed by atoms with Crippen LogP contribution in [0.5, 0.6) is 0 Å². The highest BCUT2D eigenvalue weighted by atomic mass is 19.1. The predicted octanol–water partition coefficient (Wildman–Crippen LogP) is 9.59. The van der Waals surface area contributed by atoms with Gasteiger partial charge in [0.1, 0.15) is 5.82 Å². The molecule has 2 aliphatic carbocycles. The average Bonchev–Trinajstić information content (AvgIpc) is 2.84. The molecule has 174 valence electrons. The van der Waals surface area contributed by atoms with E-state index in [-0.39, 0.29) is 12.5 Å². The molecule has 0 amide bonds. The minimum atomic E-state index is -0.201. The van der Waals surface area contributed by atoms with Gasteiger partial charge in [-0.2, -0.15) is 0 Å². The fourth-order valence-corrected chi connectivity index (χ4v) is 6.30. The molecule has 0 nitrogen and oxygen atoms in total. The van der Waals surface area contributed by atoms with E-state index in [9.17, 15) is 4.39 Å². The fraction of sp³-hybridized carbons (Fsp3) is 0.600. The van der Waals surface area contributed by atoms with Gasteiger partial charge in [-0.05, 0) is 111 Å². The SMILES string of the molecule is CCCC1CCC(c2ccc(-c3ccc(C4CCC(CCCF)CC4)cc3F)cc2)CC1. The maximum absolute atomic E-state index is 15.1.